The van der Waals surface area contributed by atoms with Crippen LogP contribution < -0.4 is 10.3 Å². The Morgan fingerprint density at radius 3 is 2.55 bits per heavy atom. The fourth-order valence-electron chi connectivity index (χ4n) is 2.83. The Labute approximate surface area is 117 Å². The standard InChI is InChI=1S/C16H17NO3/c1-20-12-8-6-11(7-9-12)17-14-5-3-2-4-13(14)15(18)10-16(17)19/h6-10,18H,2-5H2,1H3. The van der Waals surface area contributed by atoms with Crippen molar-refractivity contribution in [1.29, 1.82) is 0 Å². The molecular formula is C16H17NO3. The molecule has 3 rings (SSSR count). The molecular weight excluding hydrogens is 254 g/mol. The Morgan fingerprint density at radius 2 is 1.85 bits per heavy atom. The Kier molecular flexibility index (Phi) is 3.22. The van der Waals surface area contributed by atoms with Gasteiger partial charge >= 0.3 is 0 Å². The van der Waals surface area contributed by atoms with Crippen LogP contribution in [0.25, 0.3) is 5.69 Å². The highest BCUT2D eigenvalue weighted by Crippen LogP contribution is 2.29. The van der Waals surface area contributed by atoms with E-state index in [0.29, 0.717) is 0 Å². The van der Waals surface area contributed by atoms with Crippen molar-refractivity contribution in [2.45, 2.75) is 25.7 Å². The molecule has 1 aromatic heterocycles. The molecule has 0 saturated carbocycles. The number of hydrogen-bond donors (Lipinski definition) is 1. The summed E-state index contributed by atoms with van der Waals surface area (Å²) in [6, 6.07) is 8.72. The predicted octanol–water partition coefficient (Wildman–Crippen LogP) is 2.43. The number of fused-ring (bicyclic) bond motifs is 1. The smallest absolute Gasteiger partial charge is 0.259 e. The Bertz CT molecular complexity index is 686. The minimum atomic E-state index is -0.187. The fourth-order valence-corrected chi connectivity index (χ4v) is 2.83. The van der Waals surface area contributed by atoms with Gasteiger partial charge in [-0.2, -0.15) is 0 Å². The highest BCUT2D eigenvalue weighted by atomic mass is 16.5. The second-order valence-corrected chi connectivity index (χ2v) is 5.03. The van der Waals surface area contributed by atoms with E-state index in [4.69, 9.17) is 4.74 Å². The predicted molar refractivity (Wildman–Crippen MR) is 76.9 cm³/mol. The Morgan fingerprint density at radius 1 is 1.15 bits per heavy atom. The van der Waals surface area contributed by atoms with Crippen molar-refractivity contribution in [3.05, 3.63) is 51.9 Å². The lowest BCUT2D eigenvalue weighted by Gasteiger charge is -2.22. The fraction of sp³-hybridized carbons (Fsp3) is 0.312. The van der Waals surface area contributed by atoms with Crippen LogP contribution in [-0.2, 0) is 12.8 Å². The molecule has 0 amide bonds. The lowest BCUT2D eigenvalue weighted by atomic mass is 9.94. The number of pyridine rings is 1. The van der Waals surface area contributed by atoms with Gasteiger partial charge in [0.2, 0.25) is 0 Å². The summed E-state index contributed by atoms with van der Waals surface area (Å²) in [7, 11) is 1.61. The molecule has 1 N–H and O–H groups in total. The molecule has 0 saturated heterocycles. The van der Waals surface area contributed by atoms with Crippen LogP contribution in [0.15, 0.2) is 35.1 Å². The molecule has 0 fully saturated rings. The second-order valence-electron chi connectivity index (χ2n) is 5.03. The maximum atomic E-state index is 12.2. The molecule has 2 aromatic rings. The van der Waals surface area contributed by atoms with E-state index in [1.165, 1.54) is 6.07 Å². The number of aromatic nitrogens is 1. The van der Waals surface area contributed by atoms with Gasteiger partial charge in [-0.1, -0.05) is 0 Å². The van der Waals surface area contributed by atoms with Gasteiger partial charge in [-0.15, -0.1) is 0 Å². The summed E-state index contributed by atoms with van der Waals surface area (Å²) in [5.74, 6) is 0.893. The Balaban J connectivity index is 2.19. The normalized spacial score (nSPS) is 13.8. The molecule has 1 aromatic carbocycles. The van der Waals surface area contributed by atoms with Crippen LogP contribution in [-0.4, -0.2) is 16.8 Å². The first-order valence-electron chi connectivity index (χ1n) is 6.82. The van der Waals surface area contributed by atoms with Gasteiger partial charge in [0.1, 0.15) is 11.5 Å². The third-order valence-corrected chi connectivity index (χ3v) is 3.83. The van der Waals surface area contributed by atoms with Gasteiger partial charge in [-0.05, 0) is 49.9 Å². The molecule has 0 radical (unpaired) electrons. The average Bonchev–Trinajstić information content (AvgIpc) is 2.48. The van der Waals surface area contributed by atoms with Crippen molar-refractivity contribution in [3.8, 4) is 17.2 Å². The van der Waals surface area contributed by atoms with Crippen LogP contribution >= 0.6 is 0 Å². The van der Waals surface area contributed by atoms with Crippen molar-refractivity contribution in [3.63, 3.8) is 0 Å². The molecule has 0 atom stereocenters. The SMILES string of the molecule is COc1ccc(-n2c3c(c(O)cc2=O)CCCC3)cc1. The summed E-state index contributed by atoms with van der Waals surface area (Å²) in [5, 5.41) is 9.96. The number of benzene rings is 1. The number of rotatable bonds is 2. The van der Waals surface area contributed by atoms with E-state index < -0.39 is 0 Å². The first-order valence-corrected chi connectivity index (χ1v) is 6.82. The first-order chi connectivity index (χ1) is 9.70. The zero-order chi connectivity index (χ0) is 14.1. The third kappa shape index (κ3) is 2.07. The summed E-state index contributed by atoms with van der Waals surface area (Å²) < 4.78 is 6.84. The summed E-state index contributed by atoms with van der Waals surface area (Å²) in [4.78, 5) is 12.2. The third-order valence-electron chi connectivity index (χ3n) is 3.83. The van der Waals surface area contributed by atoms with E-state index in [1.807, 2.05) is 24.3 Å². The molecule has 20 heavy (non-hydrogen) atoms. The van der Waals surface area contributed by atoms with Crippen LogP contribution in [0.1, 0.15) is 24.1 Å². The van der Waals surface area contributed by atoms with E-state index in [2.05, 4.69) is 0 Å². The zero-order valence-electron chi connectivity index (χ0n) is 11.4. The largest absolute Gasteiger partial charge is 0.507 e. The monoisotopic (exact) mass is 271 g/mol. The molecule has 4 nitrogen and oxygen atoms in total. The number of ether oxygens (including phenoxy) is 1. The van der Waals surface area contributed by atoms with Crippen molar-refractivity contribution >= 4 is 0 Å². The lowest BCUT2D eigenvalue weighted by molar-refractivity contribution is 0.414. The molecule has 0 unspecified atom stereocenters. The molecule has 0 spiro atoms. The lowest BCUT2D eigenvalue weighted by Crippen LogP contribution is -2.24. The average molecular weight is 271 g/mol. The van der Waals surface area contributed by atoms with Gasteiger partial charge < -0.3 is 9.84 Å². The zero-order valence-corrected chi connectivity index (χ0v) is 11.4. The van der Waals surface area contributed by atoms with Gasteiger partial charge in [0.05, 0.1) is 7.11 Å². The maximum absolute atomic E-state index is 12.2. The molecule has 0 aliphatic heterocycles. The van der Waals surface area contributed by atoms with Crippen LogP contribution in [0.5, 0.6) is 11.5 Å². The van der Waals surface area contributed by atoms with E-state index >= 15 is 0 Å². The van der Waals surface area contributed by atoms with Gasteiger partial charge in [0.15, 0.2) is 0 Å². The molecule has 1 heterocycles. The number of hydrogen-bond acceptors (Lipinski definition) is 3. The summed E-state index contributed by atoms with van der Waals surface area (Å²) in [6.07, 6.45) is 3.76. The van der Waals surface area contributed by atoms with Crippen molar-refractivity contribution in [2.75, 3.05) is 7.11 Å². The van der Waals surface area contributed by atoms with Gasteiger partial charge in [-0.3, -0.25) is 9.36 Å². The van der Waals surface area contributed by atoms with Crippen LogP contribution in [0.3, 0.4) is 0 Å². The molecule has 4 heteroatoms. The number of aromatic hydroxyl groups is 1. The van der Waals surface area contributed by atoms with E-state index in [0.717, 1.165) is 48.4 Å². The van der Waals surface area contributed by atoms with Gasteiger partial charge in [-0.25, -0.2) is 0 Å². The van der Waals surface area contributed by atoms with Crippen LogP contribution in [0, 0.1) is 0 Å². The minimum absolute atomic E-state index is 0.134. The van der Waals surface area contributed by atoms with E-state index in [1.54, 1.807) is 11.7 Å². The molecule has 104 valence electrons. The number of nitrogens with zero attached hydrogens (tertiary/aromatic N) is 1. The quantitative estimate of drug-likeness (QED) is 0.912. The van der Waals surface area contributed by atoms with Crippen molar-refractivity contribution in [1.82, 2.24) is 4.57 Å². The Hall–Kier alpha value is -2.23. The van der Waals surface area contributed by atoms with Gasteiger partial charge in [0, 0.05) is 23.0 Å². The van der Waals surface area contributed by atoms with Gasteiger partial charge in [0.25, 0.3) is 5.56 Å². The topological polar surface area (TPSA) is 51.5 Å². The highest BCUT2D eigenvalue weighted by molar-refractivity contribution is 5.45. The molecule has 1 aliphatic rings. The van der Waals surface area contributed by atoms with Crippen LogP contribution in [0.2, 0.25) is 0 Å². The van der Waals surface area contributed by atoms with E-state index in [-0.39, 0.29) is 11.3 Å². The minimum Gasteiger partial charge on any atom is -0.507 e. The van der Waals surface area contributed by atoms with Crippen molar-refractivity contribution in [2.24, 2.45) is 0 Å². The summed E-state index contributed by atoms with van der Waals surface area (Å²) in [6.45, 7) is 0. The van der Waals surface area contributed by atoms with Crippen molar-refractivity contribution < 1.29 is 9.84 Å². The first kappa shape index (κ1) is 12.8. The molecule has 0 bridgehead atoms. The summed E-state index contributed by atoms with van der Waals surface area (Å²) in [5.41, 5.74) is 2.47. The van der Waals surface area contributed by atoms with E-state index in [9.17, 15) is 9.90 Å². The number of methoxy groups -OCH3 is 1. The maximum Gasteiger partial charge on any atom is 0.259 e. The van der Waals surface area contributed by atoms with Crippen LogP contribution in [0.4, 0.5) is 0 Å². The highest BCUT2D eigenvalue weighted by Gasteiger charge is 2.19. The molecule has 1 aliphatic carbocycles. The second kappa shape index (κ2) is 5.04. The summed E-state index contributed by atoms with van der Waals surface area (Å²) >= 11 is 0.